The van der Waals surface area contributed by atoms with Gasteiger partial charge in [0.2, 0.25) is 5.91 Å². The average Bonchev–Trinajstić information content (AvgIpc) is 2.60. The zero-order valence-corrected chi connectivity index (χ0v) is 14.3. The summed E-state index contributed by atoms with van der Waals surface area (Å²) in [6, 6.07) is 13.0. The molecule has 0 aliphatic heterocycles. The molecule has 2 aromatic rings. The standard InChI is InChI=1S/C17H17N3O4S/c1-12(15-4-2-3-5-16(15)21)18-19-17(22)11-25-10-13-6-8-14(9-7-13)20(23)24/h2-9,21H,10-11H2,1H3,(H,19,22)/b18-12-. The van der Waals surface area contributed by atoms with Gasteiger partial charge in [-0.15, -0.1) is 11.8 Å². The number of thioether (sulfide) groups is 1. The van der Waals surface area contributed by atoms with Crippen molar-refractivity contribution in [3.05, 3.63) is 69.8 Å². The number of hydrogen-bond acceptors (Lipinski definition) is 6. The summed E-state index contributed by atoms with van der Waals surface area (Å²) in [6.07, 6.45) is 0. The van der Waals surface area contributed by atoms with Gasteiger partial charge in [0.15, 0.2) is 0 Å². The number of non-ortho nitro benzene ring substituents is 1. The predicted molar refractivity (Wildman–Crippen MR) is 97.7 cm³/mol. The van der Waals surface area contributed by atoms with Crippen molar-refractivity contribution in [1.29, 1.82) is 0 Å². The number of hydrogen-bond donors (Lipinski definition) is 2. The summed E-state index contributed by atoms with van der Waals surface area (Å²) < 4.78 is 0. The number of phenolic OH excluding ortho intramolecular Hbond substituents is 1. The van der Waals surface area contributed by atoms with Crippen molar-refractivity contribution in [2.45, 2.75) is 12.7 Å². The molecule has 0 aliphatic rings. The number of rotatable bonds is 7. The summed E-state index contributed by atoms with van der Waals surface area (Å²) in [5.41, 5.74) is 4.45. The normalized spacial score (nSPS) is 11.2. The molecule has 0 fully saturated rings. The molecule has 0 radical (unpaired) electrons. The summed E-state index contributed by atoms with van der Waals surface area (Å²) in [5.74, 6) is 0.606. The van der Waals surface area contributed by atoms with Crippen molar-refractivity contribution in [2.24, 2.45) is 5.10 Å². The lowest BCUT2D eigenvalue weighted by Crippen LogP contribution is -2.21. The highest BCUT2D eigenvalue weighted by atomic mass is 32.2. The van der Waals surface area contributed by atoms with Crippen LogP contribution >= 0.6 is 11.8 Å². The molecule has 0 bridgehead atoms. The zero-order chi connectivity index (χ0) is 18.2. The van der Waals surface area contributed by atoms with Crippen molar-refractivity contribution < 1.29 is 14.8 Å². The Morgan fingerprint density at radius 3 is 2.56 bits per heavy atom. The Morgan fingerprint density at radius 2 is 1.92 bits per heavy atom. The van der Waals surface area contributed by atoms with Crippen LogP contribution in [-0.4, -0.2) is 27.4 Å². The number of carbonyl (C=O) groups excluding carboxylic acids is 1. The lowest BCUT2D eigenvalue weighted by molar-refractivity contribution is -0.384. The first kappa shape index (κ1) is 18.5. The van der Waals surface area contributed by atoms with Crippen LogP contribution in [0.5, 0.6) is 5.75 Å². The van der Waals surface area contributed by atoms with Crippen LogP contribution in [0.25, 0.3) is 0 Å². The molecule has 2 aromatic carbocycles. The Labute approximate surface area is 148 Å². The van der Waals surface area contributed by atoms with Gasteiger partial charge < -0.3 is 5.11 Å². The van der Waals surface area contributed by atoms with Crippen molar-refractivity contribution in [1.82, 2.24) is 5.43 Å². The number of amides is 1. The second kappa shape index (κ2) is 8.84. The van der Waals surface area contributed by atoms with E-state index in [1.54, 1.807) is 43.3 Å². The highest BCUT2D eigenvalue weighted by Crippen LogP contribution is 2.17. The maximum absolute atomic E-state index is 11.8. The van der Waals surface area contributed by atoms with Crippen LogP contribution < -0.4 is 5.43 Å². The Kier molecular flexibility index (Phi) is 6.53. The van der Waals surface area contributed by atoms with E-state index in [0.717, 1.165) is 5.56 Å². The van der Waals surface area contributed by atoms with E-state index in [1.165, 1.54) is 23.9 Å². The van der Waals surface area contributed by atoms with Crippen LogP contribution in [0.3, 0.4) is 0 Å². The van der Waals surface area contributed by atoms with Crippen LogP contribution in [-0.2, 0) is 10.5 Å². The van der Waals surface area contributed by atoms with Crippen LogP contribution in [0.15, 0.2) is 53.6 Å². The molecular weight excluding hydrogens is 342 g/mol. The van der Waals surface area contributed by atoms with Gasteiger partial charge in [-0.2, -0.15) is 5.10 Å². The molecule has 7 nitrogen and oxygen atoms in total. The van der Waals surface area contributed by atoms with E-state index in [1.807, 2.05) is 0 Å². The van der Waals surface area contributed by atoms with Gasteiger partial charge in [0.05, 0.1) is 16.4 Å². The minimum atomic E-state index is -0.449. The third kappa shape index (κ3) is 5.61. The molecule has 0 saturated carbocycles. The molecule has 25 heavy (non-hydrogen) atoms. The molecule has 8 heteroatoms. The topological polar surface area (TPSA) is 105 Å². The molecule has 0 atom stereocenters. The van der Waals surface area contributed by atoms with E-state index >= 15 is 0 Å². The molecule has 130 valence electrons. The summed E-state index contributed by atoms with van der Waals surface area (Å²) in [5, 5.41) is 24.3. The molecule has 0 unspecified atom stereocenters. The third-order valence-corrected chi connectivity index (χ3v) is 4.29. The van der Waals surface area contributed by atoms with Gasteiger partial charge in [-0.1, -0.05) is 24.3 Å². The second-order valence-electron chi connectivity index (χ2n) is 5.17. The van der Waals surface area contributed by atoms with Gasteiger partial charge in [-0.05, 0) is 24.6 Å². The number of carbonyl (C=O) groups is 1. The average molecular weight is 359 g/mol. The van der Waals surface area contributed by atoms with Crippen molar-refractivity contribution in [3.63, 3.8) is 0 Å². The number of para-hydroxylation sites is 1. The number of nitro groups is 1. The largest absolute Gasteiger partial charge is 0.507 e. The third-order valence-electron chi connectivity index (χ3n) is 3.29. The summed E-state index contributed by atoms with van der Waals surface area (Å²) in [4.78, 5) is 21.9. The quantitative estimate of drug-likeness (QED) is 0.449. The van der Waals surface area contributed by atoms with Gasteiger partial charge in [0.25, 0.3) is 5.69 Å². The smallest absolute Gasteiger partial charge is 0.269 e. The summed E-state index contributed by atoms with van der Waals surface area (Å²) in [6.45, 7) is 1.69. The minimum Gasteiger partial charge on any atom is -0.507 e. The fourth-order valence-electron chi connectivity index (χ4n) is 1.99. The molecule has 0 spiro atoms. The van der Waals surface area contributed by atoms with Gasteiger partial charge in [0, 0.05) is 23.4 Å². The highest BCUT2D eigenvalue weighted by molar-refractivity contribution is 7.99. The van der Waals surface area contributed by atoms with E-state index < -0.39 is 4.92 Å². The lowest BCUT2D eigenvalue weighted by atomic mass is 10.1. The van der Waals surface area contributed by atoms with Gasteiger partial charge in [0.1, 0.15) is 5.75 Å². The van der Waals surface area contributed by atoms with Crippen LogP contribution in [0.1, 0.15) is 18.1 Å². The molecule has 0 aromatic heterocycles. The Bertz CT molecular complexity index is 791. The monoisotopic (exact) mass is 359 g/mol. The van der Waals surface area contributed by atoms with Crippen LogP contribution in [0.2, 0.25) is 0 Å². The number of benzene rings is 2. The lowest BCUT2D eigenvalue weighted by Gasteiger charge is -2.05. The fourth-order valence-corrected chi connectivity index (χ4v) is 2.77. The fraction of sp³-hybridized carbons (Fsp3) is 0.176. The van der Waals surface area contributed by atoms with E-state index in [-0.39, 0.29) is 23.1 Å². The summed E-state index contributed by atoms with van der Waals surface area (Å²) >= 11 is 1.38. The Hall–Kier alpha value is -2.87. The number of nitrogens with zero attached hydrogens (tertiary/aromatic N) is 2. The molecular formula is C17H17N3O4S. The van der Waals surface area contributed by atoms with E-state index in [9.17, 15) is 20.0 Å². The van der Waals surface area contributed by atoms with E-state index in [2.05, 4.69) is 10.5 Å². The number of nitrogens with one attached hydrogen (secondary N) is 1. The first-order chi connectivity index (χ1) is 12.0. The molecule has 1 amide bonds. The zero-order valence-electron chi connectivity index (χ0n) is 13.5. The van der Waals surface area contributed by atoms with E-state index in [4.69, 9.17) is 0 Å². The van der Waals surface area contributed by atoms with Crippen molar-refractivity contribution >= 4 is 29.1 Å². The first-order valence-corrected chi connectivity index (χ1v) is 8.55. The minimum absolute atomic E-state index is 0.0421. The van der Waals surface area contributed by atoms with Crippen molar-refractivity contribution in [2.75, 3.05) is 5.75 Å². The second-order valence-corrected chi connectivity index (χ2v) is 6.15. The molecule has 0 aliphatic carbocycles. The van der Waals surface area contributed by atoms with Crippen LogP contribution in [0.4, 0.5) is 5.69 Å². The molecule has 0 saturated heterocycles. The maximum Gasteiger partial charge on any atom is 0.269 e. The highest BCUT2D eigenvalue weighted by Gasteiger charge is 2.07. The predicted octanol–water partition coefficient (Wildman–Crippen LogP) is 3.07. The first-order valence-electron chi connectivity index (χ1n) is 7.40. The number of aromatic hydroxyl groups is 1. The van der Waals surface area contributed by atoms with E-state index in [0.29, 0.717) is 17.0 Å². The van der Waals surface area contributed by atoms with Gasteiger partial charge >= 0.3 is 0 Å². The SMILES string of the molecule is C/C(=N/NC(=O)CSCc1ccc([N+](=O)[O-])cc1)c1ccccc1O. The number of nitro benzene ring substituents is 1. The molecule has 2 rings (SSSR count). The number of hydrazone groups is 1. The van der Waals surface area contributed by atoms with Crippen molar-refractivity contribution in [3.8, 4) is 5.75 Å². The molecule has 2 N–H and O–H groups in total. The van der Waals surface area contributed by atoms with Crippen LogP contribution in [0, 0.1) is 10.1 Å². The molecule has 0 heterocycles. The maximum atomic E-state index is 11.8. The van der Waals surface area contributed by atoms with Gasteiger partial charge in [-0.25, -0.2) is 5.43 Å². The Balaban J connectivity index is 1.80. The summed E-state index contributed by atoms with van der Waals surface area (Å²) in [7, 11) is 0. The number of phenols is 1. The Morgan fingerprint density at radius 1 is 1.24 bits per heavy atom. The van der Waals surface area contributed by atoms with Gasteiger partial charge in [-0.3, -0.25) is 14.9 Å².